The van der Waals surface area contributed by atoms with Crippen molar-refractivity contribution >= 4 is 5.97 Å². The van der Waals surface area contributed by atoms with Gasteiger partial charge in [0, 0.05) is 0 Å². The predicted molar refractivity (Wildman–Crippen MR) is 140 cm³/mol. The second-order valence-electron chi connectivity index (χ2n) is 9.22. The molecular formula is C26H59N3O3. The molecular weight excluding hydrogens is 402 g/mol. The van der Waals surface area contributed by atoms with Crippen molar-refractivity contribution in [2.24, 2.45) is 0 Å². The van der Waals surface area contributed by atoms with Gasteiger partial charge in [-0.05, 0) is 53.5 Å². The maximum Gasteiger partial charge on any atom is 0.332 e. The minimum atomic E-state index is -1.23. The summed E-state index contributed by atoms with van der Waals surface area (Å²) >= 11 is 0. The second kappa shape index (κ2) is 30.3. The average Bonchev–Trinajstić information content (AvgIpc) is 2.72. The van der Waals surface area contributed by atoms with Crippen molar-refractivity contribution in [2.45, 2.75) is 129 Å². The molecule has 0 rings (SSSR count). The zero-order valence-electron chi connectivity index (χ0n) is 22.2. The van der Waals surface area contributed by atoms with Gasteiger partial charge in [-0.15, -0.1) is 0 Å². The van der Waals surface area contributed by atoms with E-state index in [-0.39, 0.29) is 6.15 Å². The molecule has 0 aromatic carbocycles. The van der Waals surface area contributed by atoms with E-state index in [1.165, 1.54) is 136 Å². The number of aliphatic carboxylic acids is 1. The molecule has 6 N–H and O–H groups in total. The Morgan fingerprint density at radius 3 is 1.34 bits per heavy atom. The van der Waals surface area contributed by atoms with E-state index < -0.39 is 12.1 Å². The Morgan fingerprint density at radius 1 is 0.719 bits per heavy atom. The molecule has 0 saturated heterocycles. The molecule has 0 bridgehead atoms. The fourth-order valence-corrected chi connectivity index (χ4v) is 3.44. The van der Waals surface area contributed by atoms with Crippen molar-refractivity contribution < 1.29 is 15.0 Å². The molecule has 196 valence electrons. The Bertz CT molecular complexity index is 353. The normalized spacial score (nSPS) is 11.6. The second-order valence-corrected chi connectivity index (χ2v) is 9.22. The maximum atomic E-state index is 9.45. The van der Waals surface area contributed by atoms with Crippen LogP contribution in [-0.4, -0.2) is 60.9 Å². The Labute approximate surface area is 200 Å². The molecule has 0 heterocycles. The average molecular weight is 462 g/mol. The molecule has 0 aliphatic heterocycles. The van der Waals surface area contributed by atoms with Crippen molar-refractivity contribution in [1.82, 2.24) is 16.4 Å². The zero-order valence-corrected chi connectivity index (χ0v) is 22.2. The van der Waals surface area contributed by atoms with Gasteiger partial charge in [0.15, 0.2) is 0 Å². The van der Waals surface area contributed by atoms with Gasteiger partial charge in [-0.1, -0.05) is 103 Å². The number of hydrogen-bond donors (Lipinski definition) is 4. The van der Waals surface area contributed by atoms with E-state index in [9.17, 15) is 4.79 Å². The van der Waals surface area contributed by atoms with Gasteiger partial charge in [-0.2, -0.15) is 0 Å². The summed E-state index contributed by atoms with van der Waals surface area (Å²) in [6.07, 6.45) is 23.3. The first-order chi connectivity index (χ1) is 14.9. The highest BCUT2D eigenvalue weighted by molar-refractivity contribution is 5.71. The van der Waals surface area contributed by atoms with Crippen molar-refractivity contribution in [2.75, 3.05) is 33.7 Å². The fourth-order valence-electron chi connectivity index (χ4n) is 3.44. The summed E-state index contributed by atoms with van der Waals surface area (Å²) < 4.78 is 0. The summed E-state index contributed by atoms with van der Waals surface area (Å²) in [4.78, 5) is 11.7. The van der Waals surface area contributed by atoms with Gasteiger partial charge in [0.1, 0.15) is 6.10 Å². The number of rotatable bonds is 22. The molecule has 0 fully saturated rings. The lowest BCUT2D eigenvalue weighted by molar-refractivity contribution is -0.145. The zero-order chi connectivity index (χ0) is 23.6. The molecule has 32 heavy (non-hydrogen) atoms. The van der Waals surface area contributed by atoms with E-state index in [1.54, 1.807) is 0 Å². The Hall–Kier alpha value is -0.690. The molecule has 0 aliphatic rings. The van der Waals surface area contributed by atoms with Crippen LogP contribution in [0.4, 0.5) is 0 Å². The highest BCUT2D eigenvalue weighted by atomic mass is 16.4. The third kappa shape index (κ3) is 36.7. The number of aliphatic hydroxyl groups excluding tert-OH is 1. The van der Waals surface area contributed by atoms with Gasteiger partial charge < -0.3 is 26.6 Å². The van der Waals surface area contributed by atoms with Crippen LogP contribution >= 0.6 is 0 Å². The molecule has 0 amide bonds. The molecule has 1 atom stereocenters. The van der Waals surface area contributed by atoms with E-state index in [0.717, 1.165) is 0 Å². The number of carboxylic acid groups (broad SMARTS) is 1. The summed E-state index contributed by atoms with van der Waals surface area (Å²) in [5, 5.41) is 19.3. The SMILES string of the molecule is CC(O)C(=O)O.CCCCCCCCCCCCCCCCCCNCCCN(C)C.N. The number of carbonyl (C=O) groups is 1. The van der Waals surface area contributed by atoms with Crippen LogP contribution in [0.15, 0.2) is 0 Å². The van der Waals surface area contributed by atoms with Gasteiger partial charge in [0.2, 0.25) is 0 Å². The number of carboxylic acids is 1. The third-order valence-electron chi connectivity index (χ3n) is 5.52. The van der Waals surface area contributed by atoms with Crippen molar-refractivity contribution in [1.29, 1.82) is 0 Å². The van der Waals surface area contributed by atoms with E-state index in [4.69, 9.17) is 10.2 Å². The summed E-state index contributed by atoms with van der Waals surface area (Å²) in [6, 6.07) is 0. The van der Waals surface area contributed by atoms with E-state index in [0.29, 0.717) is 0 Å². The molecule has 0 spiro atoms. The van der Waals surface area contributed by atoms with Gasteiger partial charge >= 0.3 is 5.97 Å². The monoisotopic (exact) mass is 461 g/mol. The molecule has 0 saturated carbocycles. The van der Waals surface area contributed by atoms with Gasteiger partial charge in [0.05, 0.1) is 0 Å². The minimum Gasteiger partial charge on any atom is -0.479 e. The maximum absolute atomic E-state index is 9.45. The van der Waals surface area contributed by atoms with Gasteiger partial charge in [0.25, 0.3) is 0 Å². The molecule has 0 aromatic heterocycles. The lowest BCUT2D eigenvalue weighted by atomic mass is 10.0. The third-order valence-corrected chi connectivity index (χ3v) is 5.52. The van der Waals surface area contributed by atoms with Crippen molar-refractivity contribution in [3.63, 3.8) is 0 Å². The number of nitrogens with one attached hydrogen (secondary N) is 1. The first-order valence-corrected chi connectivity index (χ1v) is 13.2. The number of unbranched alkanes of at least 4 members (excludes halogenated alkanes) is 15. The Morgan fingerprint density at radius 2 is 1.03 bits per heavy atom. The lowest BCUT2D eigenvalue weighted by Gasteiger charge is -2.09. The number of aliphatic hydroxyl groups is 1. The minimum absolute atomic E-state index is 0. The lowest BCUT2D eigenvalue weighted by Crippen LogP contribution is -2.22. The Kier molecular flexibility index (Phi) is 34.0. The largest absolute Gasteiger partial charge is 0.479 e. The molecule has 6 nitrogen and oxygen atoms in total. The van der Waals surface area contributed by atoms with Crippen molar-refractivity contribution in [3.8, 4) is 0 Å². The van der Waals surface area contributed by atoms with Crippen LogP contribution in [0.5, 0.6) is 0 Å². The smallest absolute Gasteiger partial charge is 0.332 e. The topological polar surface area (TPSA) is 108 Å². The molecule has 0 aliphatic carbocycles. The van der Waals surface area contributed by atoms with Crippen LogP contribution < -0.4 is 11.5 Å². The van der Waals surface area contributed by atoms with Crippen LogP contribution in [0.3, 0.4) is 0 Å². The van der Waals surface area contributed by atoms with Gasteiger partial charge in [-0.25, -0.2) is 4.79 Å². The Balaban J connectivity index is -0.00000105. The van der Waals surface area contributed by atoms with Crippen LogP contribution in [0.2, 0.25) is 0 Å². The summed E-state index contributed by atoms with van der Waals surface area (Å²) in [5.74, 6) is -1.19. The highest BCUT2D eigenvalue weighted by Gasteiger charge is 2.01. The quantitative estimate of drug-likeness (QED) is 0.139. The van der Waals surface area contributed by atoms with Crippen LogP contribution in [0.25, 0.3) is 0 Å². The first-order valence-electron chi connectivity index (χ1n) is 13.2. The molecule has 1 unspecified atom stereocenters. The van der Waals surface area contributed by atoms with Crippen LogP contribution in [0.1, 0.15) is 123 Å². The fraction of sp³-hybridized carbons (Fsp3) is 0.962. The van der Waals surface area contributed by atoms with Crippen LogP contribution in [-0.2, 0) is 4.79 Å². The standard InChI is InChI=1S/C23H50N2.C3H6O3.H3N/c1-4-5-6-7-8-9-10-11-12-13-14-15-16-17-18-19-21-24-22-20-23-25(2)3;1-2(4)3(5)6;/h24H,4-23H2,1-3H3;2,4H,1H3,(H,5,6);1H3. The number of hydrogen-bond acceptors (Lipinski definition) is 5. The summed E-state index contributed by atoms with van der Waals surface area (Å²) in [7, 11) is 4.30. The van der Waals surface area contributed by atoms with E-state index in [2.05, 4.69) is 31.2 Å². The van der Waals surface area contributed by atoms with Crippen molar-refractivity contribution in [3.05, 3.63) is 0 Å². The predicted octanol–water partition coefficient (Wildman–Crippen LogP) is 6.40. The summed E-state index contributed by atoms with van der Waals surface area (Å²) in [6.45, 7) is 7.09. The van der Waals surface area contributed by atoms with Crippen LogP contribution in [0, 0.1) is 0 Å². The highest BCUT2D eigenvalue weighted by Crippen LogP contribution is 2.13. The molecule has 0 radical (unpaired) electrons. The van der Waals surface area contributed by atoms with E-state index >= 15 is 0 Å². The number of nitrogens with zero attached hydrogens (tertiary/aromatic N) is 1. The van der Waals surface area contributed by atoms with Gasteiger partial charge in [-0.3, -0.25) is 0 Å². The molecule has 0 aromatic rings. The first kappa shape index (κ1) is 35.9. The van der Waals surface area contributed by atoms with E-state index in [1.807, 2.05) is 0 Å². The molecule has 6 heteroatoms. The summed E-state index contributed by atoms with van der Waals surface area (Å²) in [5.41, 5.74) is 0.